The number of thiophene rings is 1. The summed E-state index contributed by atoms with van der Waals surface area (Å²) in [6.07, 6.45) is 2.28. The highest BCUT2D eigenvalue weighted by Crippen LogP contribution is 2.35. The van der Waals surface area contributed by atoms with Crippen LogP contribution in [0.5, 0.6) is 0 Å². The van der Waals surface area contributed by atoms with E-state index in [9.17, 15) is 18.8 Å². The van der Waals surface area contributed by atoms with Gasteiger partial charge in [0.15, 0.2) is 0 Å². The van der Waals surface area contributed by atoms with Gasteiger partial charge in [-0.3, -0.25) is 19.8 Å². The minimum absolute atomic E-state index is 0.184. The van der Waals surface area contributed by atoms with Crippen molar-refractivity contribution >= 4 is 33.4 Å². The number of rotatable bonds is 4. The first-order chi connectivity index (χ1) is 16.9. The Labute approximate surface area is 204 Å². The van der Waals surface area contributed by atoms with E-state index < -0.39 is 5.82 Å². The molecule has 1 fully saturated rings. The van der Waals surface area contributed by atoms with Crippen LogP contribution in [-0.2, 0) is 4.79 Å². The molecule has 5 rings (SSSR count). The Kier molecular flexibility index (Phi) is 6.17. The number of nitrogens with zero attached hydrogens (tertiary/aromatic N) is 3. The second-order valence-electron chi connectivity index (χ2n) is 8.55. The van der Waals surface area contributed by atoms with Gasteiger partial charge < -0.3 is 4.90 Å². The molecule has 1 aliphatic heterocycles. The molecule has 0 saturated carbocycles. The zero-order valence-corrected chi connectivity index (χ0v) is 19.8. The van der Waals surface area contributed by atoms with E-state index in [0.29, 0.717) is 41.7 Å². The lowest BCUT2D eigenvalue weighted by Crippen LogP contribution is -2.44. The predicted molar refractivity (Wildman–Crippen MR) is 133 cm³/mol. The summed E-state index contributed by atoms with van der Waals surface area (Å²) in [5.41, 5.74) is 4.56. The van der Waals surface area contributed by atoms with Gasteiger partial charge in [-0.25, -0.2) is 14.1 Å². The number of likely N-dealkylation sites (tertiary alicyclic amines) is 1. The second-order valence-corrected chi connectivity index (χ2v) is 9.75. The van der Waals surface area contributed by atoms with Gasteiger partial charge in [0, 0.05) is 35.0 Å². The number of hydrogen-bond acceptors (Lipinski definition) is 5. The fourth-order valence-electron chi connectivity index (χ4n) is 4.46. The number of hydrogen-bond donors (Lipinski definition) is 1. The first kappa shape index (κ1) is 22.9. The number of halogens is 1. The molecule has 7 nitrogen and oxygen atoms in total. The summed E-state index contributed by atoms with van der Waals surface area (Å²) in [4.78, 5) is 46.6. The number of carbonyl (C=O) groups excluding carboxylic acids is 2. The van der Waals surface area contributed by atoms with E-state index in [1.807, 2.05) is 37.3 Å². The van der Waals surface area contributed by atoms with Gasteiger partial charge in [-0.05, 0) is 49.6 Å². The summed E-state index contributed by atoms with van der Waals surface area (Å²) in [6, 6.07) is 15.1. The maximum Gasteiger partial charge on any atom is 0.281 e. The van der Waals surface area contributed by atoms with E-state index in [1.54, 1.807) is 4.90 Å². The van der Waals surface area contributed by atoms with Gasteiger partial charge in [0.25, 0.3) is 11.5 Å². The fourth-order valence-corrected chi connectivity index (χ4v) is 5.47. The fraction of sp³-hybridized carbons (Fsp3) is 0.231. The molecule has 1 aliphatic rings. The van der Waals surface area contributed by atoms with E-state index >= 15 is 0 Å². The number of piperidine rings is 1. The summed E-state index contributed by atoms with van der Waals surface area (Å²) < 4.78 is 14.3. The van der Waals surface area contributed by atoms with Gasteiger partial charge >= 0.3 is 0 Å². The average molecular weight is 491 g/mol. The van der Waals surface area contributed by atoms with Crippen LogP contribution in [0.4, 0.5) is 4.39 Å². The molecule has 2 amide bonds. The third-order valence-electron chi connectivity index (χ3n) is 6.33. The quantitative estimate of drug-likeness (QED) is 0.465. The van der Waals surface area contributed by atoms with Crippen LogP contribution in [0.15, 0.2) is 65.7 Å². The van der Waals surface area contributed by atoms with Crippen LogP contribution < -0.4 is 11.0 Å². The molecular formula is C26H23FN4O3S. The highest BCUT2D eigenvalue weighted by atomic mass is 32.1. The van der Waals surface area contributed by atoms with Crippen molar-refractivity contribution in [1.82, 2.24) is 14.6 Å². The molecule has 178 valence electrons. The highest BCUT2D eigenvalue weighted by Gasteiger charge is 2.28. The number of carbonyl (C=O) groups is 2. The van der Waals surface area contributed by atoms with Crippen molar-refractivity contribution in [3.8, 4) is 11.1 Å². The first-order valence-electron chi connectivity index (χ1n) is 11.3. The first-order valence-corrected chi connectivity index (χ1v) is 12.2. The standard InChI is InChI=1S/C26H23FN4O3S/c1-16-21(17-5-3-2-4-6-17)22-24(35-16)28-15-31(26(22)34)29-23(32)18-11-13-30(14-12-18)25(33)19-7-9-20(27)10-8-19/h2-10,15,18H,11-14H2,1H3,(H,29,32). The van der Waals surface area contributed by atoms with Crippen LogP contribution in [0, 0.1) is 18.7 Å². The molecule has 0 atom stereocenters. The molecule has 1 saturated heterocycles. The third kappa shape index (κ3) is 4.46. The molecule has 0 bridgehead atoms. The molecule has 2 aromatic carbocycles. The third-order valence-corrected chi connectivity index (χ3v) is 7.34. The molecule has 35 heavy (non-hydrogen) atoms. The van der Waals surface area contributed by atoms with Gasteiger partial charge in [-0.2, -0.15) is 0 Å². The maximum absolute atomic E-state index is 13.3. The minimum Gasteiger partial charge on any atom is -0.339 e. The van der Waals surface area contributed by atoms with Gasteiger partial charge in [-0.1, -0.05) is 30.3 Å². The van der Waals surface area contributed by atoms with Crippen LogP contribution in [0.1, 0.15) is 28.1 Å². The molecule has 1 N–H and O–H groups in total. The second kappa shape index (κ2) is 9.42. The maximum atomic E-state index is 13.3. The van der Waals surface area contributed by atoms with E-state index in [0.717, 1.165) is 20.7 Å². The molecule has 2 aromatic heterocycles. The number of aryl methyl sites for hydroxylation is 1. The lowest BCUT2D eigenvalue weighted by atomic mass is 9.95. The van der Waals surface area contributed by atoms with Crippen LogP contribution in [0.3, 0.4) is 0 Å². The Bertz CT molecular complexity index is 1460. The average Bonchev–Trinajstić information content (AvgIpc) is 3.23. The Balaban J connectivity index is 1.31. The topological polar surface area (TPSA) is 84.3 Å². The molecule has 4 aromatic rings. The molecule has 0 unspecified atom stereocenters. The molecular weight excluding hydrogens is 467 g/mol. The van der Waals surface area contributed by atoms with Gasteiger partial charge in [-0.15, -0.1) is 11.3 Å². The Morgan fingerprint density at radius 2 is 1.74 bits per heavy atom. The van der Waals surface area contributed by atoms with E-state index in [-0.39, 0.29) is 23.3 Å². The Morgan fingerprint density at radius 1 is 1.06 bits per heavy atom. The van der Waals surface area contributed by atoms with Crippen molar-refractivity contribution in [1.29, 1.82) is 0 Å². The van der Waals surface area contributed by atoms with Crippen LogP contribution >= 0.6 is 11.3 Å². The van der Waals surface area contributed by atoms with E-state index in [1.165, 1.54) is 41.9 Å². The van der Waals surface area contributed by atoms with Gasteiger partial charge in [0.2, 0.25) is 5.91 Å². The smallest absolute Gasteiger partial charge is 0.281 e. The van der Waals surface area contributed by atoms with Crippen molar-refractivity contribution in [3.63, 3.8) is 0 Å². The molecule has 0 spiro atoms. The zero-order chi connectivity index (χ0) is 24.5. The number of benzene rings is 2. The molecule has 9 heteroatoms. The number of nitrogens with one attached hydrogen (secondary N) is 1. The van der Waals surface area contributed by atoms with Crippen molar-refractivity contribution in [2.45, 2.75) is 19.8 Å². The summed E-state index contributed by atoms with van der Waals surface area (Å²) >= 11 is 1.45. The summed E-state index contributed by atoms with van der Waals surface area (Å²) in [5, 5.41) is 0.487. The minimum atomic E-state index is -0.395. The zero-order valence-electron chi connectivity index (χ0n) is 19.0. The van der Waals surface area contributed by atoms with Crippen molar-refractivity contribution in [3.05, 3.63) is 87.5 Å². The molecule has 3 heterocycles. The number of fused-ring (bicyclic) bond motifs is 1. The largest absolute Gasteiger partial charge is 0.339 e. The number of aromatic nitrogens is 2. The van der Waals surface area contributed by atoms with E-state index in [4.69, 9.17) is 0 Å². The van der Waals surface area contributed by atoms with Crippen molar-refractivity contribution < 1.29 is 14.0 Å². The SMILES string of the molecule is Cc1sc2ncn(NC(=O)C3CCN(C(=O)c4ccc(F)cc4)CC3)c(=O)c2c1-c1ccccc1. The Morgan fingerprint density at radius 3 is 2.43 bits per heavy atom. The van der Waals surface area contributed by atoms with E-state index in [2.05, 4.69) is 10.4 Å². The van der Waals surface area contributed by atoms with Crippen LogP contribution in [0.2, 0.25) is 0 Å². The predicted octanol–water partition coefficient (Wildman–Crippen LogP) is 4.20. The lowest BCUT2D eigenvalue weighted by Gasteiger charge is -2.31. The summed E-state index contributed by atoms with van der Waals surface area (Å²) in [5.74, 6) is -1.20. The monoisotopic (exact) mass is 490 g/mol. The van der Waals surface area contributed by atoms with Crippen LogP contribution in [0.25, 0.3) is 21.3 Å². The number of amides is 2. The Hall–Kier alpha value is -3.85. The normalized spacial score (nSPS) is 14.3. The van der Waals surface area contributed by atoms with Crippen molar-refractivity contribution in [2.24, 2.45) is 5.92 Å². The molecule has 0 aliphatic carbocycles. The molecule has 0 radical (unpaired) electrons. The van der Waals surface area contributed by atoms with Gasteiger partial charge in [0.1, 0.15) is 17.0 Å². The lowest BCUT2D eigenvalue weighted by molar-refractivity contribution is -0.122. The van der Waals surface area contributed by atoms with Crippen molar-refractivity contribution in [2.75, 3.05) is 18.5 Å². The van der Waals surface area contributed by atoms with Crippen LogP contribution in [-0.4, -0.2) is 39.5 Å². The summed E-state index contributed by atoms with van der Waals surface area (Å²) in [6.45, 7) is 2.77. The van der Waals surface area contributed by atoms with Gasteiger partial charge in [0.05, 0.1) is 5.39 Å². The highest BCUT2D eigenvalue weighted by molar-refractivity contribution is 7.19. The summed E-state index contributed by atoms with van der Waals surface area (Å²) in [7, 11) is 0.